The van der Waals surface area contributed by atoms with E-state index in [1.807, 2.05) is 12.1 Å². The summed E-state index contributed by atoms with van der Waals surface area (Å²) in [5.41, 5.74) is 0. The monoisotopic (exact) mass is 317 g/mol. The molecule has 0 aromatic carbocycles. The van der Waals surface area contributed by atoms with Gasteiger partial charge in [0.1, 0.15) is 6.61 Å². The maximum atomic E-state index is 5.77. The predicted molar refractivity (Wildman–Crippen MR) is 91.5 cm³/mol. The molecule has 0 fully saturated rings. The van der Waals surface area contributed by atoms with E-state index in [1.165, 1.54) is 25.7 Å². The summed E-state index contributed by atoms with van der Waals surface area (Å²) in [5.74, 6) is 1.95. The number of hydrogen-bond acceptors (Lipinski definition) is 5. The van der Waals surface area contributed by atoms with Crippen molar-refractivity contribution in [1.82, 2.24) is 14.9 Å². The highest BCUT2D eigenvalue weighted by Gasteiger charge is 2.06. The molecule has 0 radical (unpaired) electrons. The van der Waals surface area contributed by atoms with Crippen LogP contribution in [0.4, 0.5) is 0 Å². The van der Waals surface area contributed by atoms with Crippen LogP contribution in [0.5, 0.6) is 5.75 Å². The zero-order valence-electron chi connectivity index (χ0n) is 14.2. The maximum Gasteiger partial charge on any atom is 0.195 e. The van der Waals surface area contributed by atoms with Gasteiger partial charge in [-0.05, 0) is 38.1 Å². The first kappa shape index (κ1) is 17.5. The Morgan fingerprint density at radius 2 is 1.74 bits per heavy atom. The van der Waals surface area contributed by atoms with Crippen molar-refractivity contribution in [2.75, 3.05) is 26.2 Å². The summed E-state index contributed by atoms with van der Waals surface area (Å²) in [5, 5.41) is 0. The summed E-state index contributed by atoms with van der Waals surface area (Å²) in [4.78, 5) is 11.0. The number of nitrogens with zero attached hydrogens (tertiary/aromatic N) is 3. The van der Waals surface area contributed by atoms with Crippen molar-refractivity contribution < 1.29 is 9.15 Å². The number of unbranched alkanes of at least 4 members (excludes halogenated alkanes) is 2. The molecule has 0 amide bonds. The van der Waals surface area contributed by atoms with Crippen LogP contribution < -0.4 is 4.74 Å². The van der Waals surface area contributed by atoms with Crippen LogP contribution in [0.15, 0.2) is 35.2 Å². The fourth-order valence-corrected chi connectivity index (χ4v) is 2.32. The quantitative estimate of drug-likeness (QED) is 0.626. The van der Waals surface area contributed by atoms with E-state index in [0.29, 0.717) is 23.9 Å². The molecule has 5 heteroatoms. The lowest BCUT2D eigenvalue weighted by Crippen LogP contribution is -2.30. The summed E-state index contributed by atoms with van der Waals surface area (Å²) in [6.45, 7) is 8.36. The van der Waals surface area contributed by atoms with Gasteiger partial charge in [-0.25, -0.2) is 9.97 Å². The SMILES string of the molecule is CCCCN(CCCC)CCOc1cnc(-c2ccco2)nc1. The van der Waals surface area contributed by atoms with E-state index in [9.17, 15) is 0 Å². The van der Waals surface area contributed by atoms with Crippen LogP contribution in [-0.2, 0) is 0 Å². The van der Waals surface area contributed by atoms with Crippen molar-refractivity contribution in [3.63, 3.8) is 0 Å². The highest BCUT2D eigenvalue weighted by Crippen LogP contribution is 2.16. The first-order valence-electron chi connectivity index (χ1n) is 8.54. The van der Waals surface area contributed by atoms with E-state index in [-0.39, 0.29) is 0 Å². The molecule has 2 aromatic rings. The molecule has 0 aliphatic carbocycles. The topological polar surface area (TPSA) is 51.4 Å². The maximum absolute atomic E-state index is 5.77. The fourth-order valence-electron chi connectivity index (χ4n) is 2.32. The largest absolute Gasteiger partial charge is 0.489 e. The molecule has 5 nitrogen and oxygen atoms in total. The molecule has 2 heterocycles. The van der Waals surface area contributed by atoms with Crippen LogP contribution in [0.3, 0.4) is 0 Å². The number of furan rings is 1. The first-order valence-corrected chi connectivity index (χ1v) is 8.54. The summed E-state index contributed by atoms with van der Waals surface area (Å²) >= 11 is 0. The molecule has 0 N–H and O–H groups in total. The van der Waals surface area contributed by atoms with Crippen molar-refractivity contribution in [1.29, 1.82) is 0 Å². The van der Waals surface area contributed by atoms with Gasteiger partial charge in [0.05, 0.1) is 18.7 Å². The van der Waals surface area contributed by atoms with E-state index in [2.05, 4.69) is 28.7 Å². The van der Waals surface area contributed by atoms with E-state index in [1.54, 1.807) is 18.7 Å². The van der Waals surface area contributed by atoms with Gasteiger partial charge in [-0.1, -0.05) is 26.7 Å². The van der Waals surface area contributed by atoms with Gasteiger partial charge in [0, 0.05) is 6.54 Å². The summed E-state index contributed by atoms with van der Waals surface area (Å²) in [6, 6.07) is 3.67. The average molecular weight is 317 g/mol. The molecule has 0 saturated carbocycles. The molecule has 0 saturated heterocycles. The van der Waals surface area contributed by atoms with Crippen LogP contribution >= 0.6 is 0 Å². The third-order valence-electron chi connectivity index (χ3n) is 3.70. The molecular weight excluding hydrogens is 290 g/mol. The van der Waals surface area contributed by atoms with Gasteiger partial charge in [-0.15, -0.1) is 0 Å². The van der Waals surface area contributed by atoms with Crippen LogP contribution in [0.25, 0.3) is 11.6 Å². The Hall–Kier alpha value is -1.88. The zero-order chi connectivity index (χ0) is 16.3. The van der Waals surface area contributed by atoms with Crippen molar-refractivity contribution in [2.24, 2.45) is 0 Å². The molecule has 23 heavy (non-hydrogen) atoms. The number of ether oxygens (including phenoxy) is 1. The van der Waals surface area contributed by atoms with Gasteiger partial charge in [-0.2, -0.15) is 0 Å². The summed E-state index contributed by atoms with van der Waals surface area (Å²) in [7, 11) is 0. The van der Waals surface area contributed by atoms with Crippen LogP contribution in [0.1, 0.15) is 39.5 Å². The van der Waals surface area contributed by atoms with E-state index >= 15 is 0 Å². The Morgan fingerprint density at radius 1 is 1.04 bits per heavy atom. The average Bonchev–Trinajstić information content (AvgIpc) is 3.12. The number of rotatable bonds is 11. The Bertz CT molecular complexity index is 518. The van der Waals surface area contributed by atoms with Crippen LogP contribution in [0.2, 0.25) is 0 Å². The van der Waals surface area contributed by atoms with Gasteiger partial charge in [-0.3, -0.25) is 4.90 Å². The molecule has 0 bridgehead atoms. The fraction of sp³-hybridized carbons (Fsp3) is 0.556. The summed E-state index contributed by atoms with van der Waals surface area (Å²) < 4.78 is 11.0. The Kier molecular flexibility index (Phi) is 7.60. The minimum absolute atomic E-state index is 0.579. The molecule has 126 valence electrons. The standard InChI is InChI=1S/C18H27N3O2/c1-3-5-9-21(10-6-4-2)11-13-22-16-14-19-18(20-15-16)17-8-7-12-23-17/h7-8,12,14-15H,3-6,9-11,13H2,1-2H3. The summed E-state index contributed by atoms with van der Waals surface area (Å²) in [6.07, 6.45) is 9.96. The molecule has 0 aliphatic rings. The third-order valence-corrected chi connectivity index (χ3v) is 3.70. The van der Waals surface area contributed by atoms with Gasteiger partial charge in [0.15, 0.2) is 17.3 Å². The highest BCUT2D eigenvalue weighted by molar-refractivity contribution is 5.45. The Balaban J connectivity index is 1.77. The molecular formula is C18H27N3O2. The lowest BCUT2D eigenvalue weighted by Gasteiger charge is -2.21. The van der Waals surface area contributed by atoms with E-state index in [0.717, 1.165) is 19.6 Å². The lowest BCUT2D eigenvalue weighted by atomic mass is 10.2. The minimum atomic E-state index is 0.579. The lowest BCUT2D eigenvalue weighted by molar-refractivity contribution is 0.203. The number of hydrogen-bond donors (Lipinski definition) is 0. The Morgan fingerprint density at radius 3 is 2.30 bits per heavy atom. The predicted octanol–water partition coefficient (Wildman–Crippen LogP) is 4.02. The number of aromatic nitrogens is 2. The first-order chi connectivity index (χ1) is 11.3. The van der Waals surface area contributed by atoms with Crippen molar-refractivity contribution in [2.45, 2.75) is 39.5 Å². The second kappa shape index (κ2) is 10.0. The zero-order valence-corrected chi connectivity index (χ0v) is 14.2. The van der Waals surface area contributed by atoms with E-state index < -0.39 is 0 Å². The smallest absolute Gasteiger partial charge is 0.195 e. The van der Waals surface area contributed by atoms with E-state index in [4.69, 9.17) is 9.15 Å². The molecule has 2 aromatic heterocycles. The van der Waals surface area contributed by atoms with Gasteiger partial charge in [0.2, 0.25) is 0 Å². The minimum Gasteiger partial charge on any atom is -0.489 e. The van der Waals surface area contributed by atoms with Crippen LogP contribution in [-0.4, -0.2) is 41.1 Å². The second-order valence-corrected chi connectivity index (χ2v) is 5.62. The van der Waals surface area contributed by atoms with Gasteiger partial charge < -0.3 is 9.15 Å². The normalized spacial score (nSPS) is 11.1. The molecule has 0 aliphatic heterocycles. The molecule has 0 atom stereocenters. The molecule has 2 rings (SSSR count). The second-order valence-electron chi connectivity index (χ2n) is 5.62. The third kappa shape index (κ3) is 6.02. The van der Waals surface area contributed by atoms with Crippen LogP contribution in [0, 0.1) is 0 Å². The van der Waals surface area contributed by atoms with Crippen molar-refractivity contribution in [3.05, 3.63) is 30.8 Å². The molecule has 0 unspecified atom stereocenters. The highest BCUT2D eigenvalue weighted by atomic mass is 16.5. The van der Waals surface area contributed by atoms with Crippen molar-refractivity contribution >= 4 is 0 Å². The van der Waals surface area contributed by atoms with Gasteiger partial charge >= 0.3 is 0 Å². The molecule has 0 spiro atoms. The Labute approximate surface area is 138 Å². The van der Waals surface area contributed by atoms with Gasteiger partial charge in [0.25, 0.3) is 0 Å². The van der Waals surface area contributed by atoms with Crippen molar-refractivity contribution in [3.8, 4) is 17.3 Å².